The van der Waals surface area contributed by atoms with Crippen molar-refractivity contribution in [2.75, 3.05) is 5.32 Å². The van der Waals surface area contributed by atoms with Gasteiger partial charge in [0.25, 0.3) is 0 Å². The summed E-state index contributed by atoms with van der Waals surface area (Å²) >= 11 is 0. The zero-order valence-electron chi connectivity index (χ0n) is 7.33. The Labute approximate surface area is 76.3 Å². The van der Waals surface area contributed by atoms with Crippen LogP contribution in [-0.2, 0) is 4.79 Å². The molecule has 0 aliphatic heterocycles. The fraction of sp³-hybridized carbons (Fsp3) is 0.333. The third-order valence-corrected chi connectivity index (χ3v) is 1.39. The molecule has 0 aliphatic rings. The third kappa shape index (κ3) is 2.99. The van der Waals surface area contributed by atoms with E-state index in [9.17, 15) is 4.79 Å². The molecule has 0 fully saturated rings. The number of carbonyl (C=O) groups excluding carboxylic acids is 1. The summed E-state index contributed by atoms with van der Waals surface area (Å²) in [4.78, 5) is 11.1. The van der Waals surface area contributed by atoms with E-state index in [0.717, 1.165) is 0 Å². The minimum Gasteiger partial charge on any atom is -0.360 e. The maximum absolute atomic E-state index is 11.1. The molecule has 1 heterocycles. The first-order valence-electron chi connectivity index (χ1n) is 3.89. The molecule has 0 unspecified atom stereocenters. The predicted octanol–water partition coefficient (Wildman–Crippen LogP) is 1.33. The number of amides is 1. The largest absolute Gasteiger partial charge is 0.360 e. The fourth-order valence-electron chi connectivity index (χ4n) is 0.816. The van der Waals surface area contributed by atoms with Gasteiger partial charge in [0, 0.05) is 18.9 Å². The van der Waals surface area contributed by atoms with Crippen LogP contribution in [0.25, 0.3) is 0 Å². The molecule has 68 valence electrons. The van der Waals surface area contributed by atoms with E-state index >= 15 is 0 Å². The van der Waals surface area contributed by atoms with Crippen LogP contribution in [0.3, 0.4) is 0 Å². The maximum Gasteiger partial charge on any atom is 0.226 e. The van der Waals surface area contributed by atoms with Gasteiger partial charge in [-0.15, -0.1) is 12.3 Å². The van der Waals surface area contributed by atoms with Crippen molar-refractivity contribution < 1.29 is 9.32 Å². The number of carbonyl (C=O) groups is 1. The summed E-state index contributed by atoms with van der Waals surface area (Å²) in [5.41, 5.74) is 0. The Hall–Kier alpha value is -1.76. The van der Waals surface area contributed by atoms with E-state index in [1.54, 1.807) is 13.0 Å². The average Bonchev–Trinajstić information content (AvgIpc) is 2.48. The summed E-state index contributed by atoms with van der Waals surface area (Å²) in [5.74, 6) is 3.33. The number of terminal acetylenes is 1. The van der Waals surface area contributed by atoms with Gasteiger partial charge in [-0.05, 0) is 6.92 Å². The first kappa shape index (κ1) is 9.33. The molecule has 0 bridgehead atoms. The Morgan fingerprint density at radius 2 is 2.62 bits per heavy atom. The summed E-state index contributed by atoms with van der Waals surface area (Å²) in [6, 6.07) is 1.65. The first-order chi connectivity index (χ1) is 6.22. The van der Waals surface area contributed by atoms with Crippen LogP contribution < -0.4 is 5.32 Å². The van der Waals surface area contributed by atoms with E-state index in [1.165, 1.54) is 0 Å². The standard InChI is InChI=1S/C9H10N2O2/c1-3-4-5-9(12)10-8-6-7(2)13-11-8/h1,6H,4-5H2,2H3,(H,10,11,12). The van der Waals surface area contributed by atoms with Gasteiger partial charge in [0.2, 0.25) is 5.91 Å². The number of nitrogens with one attached hydrogen (secondary N) is 1. The first-order valence-corrected chi connectivity index (χ1v) is 3.89. The van der Waals surface area contributed by atoms with Gasteiger partial charge in [-0.25, -0.2) is 0 Å². The number of rotatable bonds is 3. The lowest BCUT2D eigenvalue weighted by molar-refractivity contribution is -0.116. The molecule has 0 atom stereocenters. The SMILES string of the molecule is C#CCCC(=O)Nc1cc(C)on1. The molecule has 1 aromatic heterocycles. The number of hydrogen-bond acceptors (Lipinski definition) is 3. The molecule has 1 N–H and O–H groups in total. The number of hydrogen-bond donors (Lipinski definition) is 1. The van der Waals surface area contributed by atoms with Crippen LogP contribution in [0.1, 0.15) is 18.6 Å². The number of anilines is 1. The van der Waals surface area contributed by atoms with Crippen molar-refractivity contribution >= 4 is 11.7 Å². The smallest absolute Gasteiger partial charge is 0.226 e. The van der Waals surface area contributed by atoms with E-state index in [-0.39, 0.29) is 5.91 Å². The Kier molecular flexibility index (Phi) is 3.09. The Balaban J connectivity index is 2.41. The summed E-state index contributed by atoms with van der Waals surface area (Å²) in [6.07, 6.45) is 5.75. The molecular weight excluding hydrogens is 168 g/mol. The van der Waals surface area contributed by atoms with Crippen molar-refractivity contribution in [2.45, 2.75) is 19.8 Å². The average molecular weight is 178 g/mol. The Bertz CT molecular complexity index is 336. The lowest BCUT2D eigenvalue weighted by Gasteiger charge is -1.96. The highest BCUT2D eigenvalue weighted by atomic mass is 16.5. The molecule has 0 saturated carbocycles. The van der Waals surface area contributed by atoms with E-state index in [4.69, 9.17) is 10.9 Å². The van der Waals surface area contributed by atoms with Crippen LogP contribution in [0.2, 0.25) is 0 Å². The summed E-state index contributed by atoms with van der Waals surface area (Å²) < 4.78 is 4.76. The molecular formula is C9H10N2O2. The zero-order chi connectivity index (χ0) is 9.68. The van der Waals surface area contributed by atoms with E-state index in [2.05, 4.69) is 16.4 Å². The van der Waals surface area contributed by atoms with E-state index < -0.39 is 0 Å². The molecule has 0 spiro atoms. The summed E-state index contributed by atoms with van der Waals surface area (Å²) in [6.45, 7) is 1.75. The van der Waals surface area contributed by atoms with Crippen molar-refractivity contribution in [2.24, 2.45) is 0 Å². The zero-order valence-corrected chi connectivity index (χ0v) is 7.33. The van der Waals surface area contributed by atoms with Crippen LogP contribution in [-0.4, -0.2) is 11.1 Å². The monoisotopic (exact) mass is 178 g/mol. The second kappa shape index (κ2) is 4.31. The highest BCUT2D eigenvalue weighted by molar-refractivity contribution is 5.89. The van der Waals surface area contributed by atoms with Gasteiger partial charge in [0.05, 0.1) is 0 Å². The third-order valence-electron chi connectivity index (χ3n) is 1.39. The highest BCUT2D eigenvalue weighted by Gasteiger charge is 2.04. The molecule has 0 radical (unpaired) electrons. The Morgan fingerprint density at radius 3 is 3.15 bits per heavy atom. The molecule has 1 aromatic rings. The van der Waals surface area contributed by atoms with Gasteiger partial charge in [0.15, 0.2) is 5.82 Å². The molecule has 0 aromatic carbocycles. The van der Waals surface area contributed by atoms with E-state index in [0.29, 0.717) is 24.4 Å². The molecule has 1 rings (SSSR count). The molecule has 0 aliphatic carbocycles. The van der Waals surface area contributed by atoms with E-state index in [1.807, 2.05) is 0 Å². The molecule has 0 saturated heterocycles. The molecule has 1 amide bonds. The normalized spacial score (nSPS) is 9.23. The van der Waals surface area contributed by atoms with Crippen molar-refractivity contribution in [3.8, 4) is 12.3 Å². The second-order valence-corrected chi connectivity index (χ2v) is 2.58. The van der Waals surface area contributed by atoms with Crippen molar-refractivity contribution in [3.05, 3.63) is 11.8 Å². The van der Waals surface area contributed by atoms with Crippen LogP contribution in [0, 0.1) is 19.3 Å². The maximum atomic E-state index is 11.1. The fourth-order valence-corrected chi connectivity index (χ4v) is 0.816. The Morgan fingerprint density at radius 1 is 1.85 bits per heavy atom. The van der Waals surface area contributed by atoms with Gasteiger partial charge in [-0.3, -0.25) is 4.79 Å². The van der Waals surface area contributed by atoms with Crippen molar-refractivity contribution in [1.29, 1.82) is 0 Å². The minimum absolute atomic E-state index is 0.147. The van der Waals surface area contributed by atoms with Crippen LogP contribution >= 0.6 is 0 Å². The van der Waals surface area contributed by atoms with Gasteiger partial charge in [-0.2, -0.15) is 0 Å². The highest BCUT2D eigenvalue weighted by Crippen LogP contribution is 2.07. The topological polar surface area (TPSA) is 55.1 Å². The molecule has 4 nitrogen and oxygen atoms in total. The van der Waals surface area contributed by atoms with Gasteiger partial charge < -0.3 is 9.84 Å². The van der Waals surface area contributed by atoms with Crippen molar-refractivity contribution in [3.63, 3.8) is 0 Å². The molecule has 13 heavy (non-hydrogen) atoms. The lowest BCUT2D eigenvalue weighted by atomic mass is 10.3. The van der Waals surface area contributed by atoms with Crippen LogP contribution in [0.5, 0.6) is 0 Å². The van der Waals surface area contributed by atoms with Crippen molar-refractivity contribution in [1.82, 2.24) is 5.16 Å². The minimum atomic E-state index is -0.147. The predicted molar refractivity (Wildman–Crippen MR) is 47.9 cm³/mol. The van der Waals surface area contributed by atoms with Gasteiger partial charge >= 0.3 is 0 Å². The van der Waals surface area contributed by atoms with Crippen LogP contribution in [0.15, 0.2) is 10.6 Å². The van der Waals surface area contributed by atoms with Gasteiger partial charge in [-0.1, -0.05) is 5.16 Å². The number of aromatic nitrogens is 1. The number of aryl methyl sites for hydroxylation is 1. The number of nitrogens with zero attached hydrogens (tertiary/aromatic N) is 1. The summed E-state index contributed by atoms with van der Waals surface area (Å²) in [7, 11) is 0. The summed E-state index contributed by atoms with van der Waals surface area (Å²) in [5, 5.41) is 6.16. The lowest BCUT2D eigenvalue weighted by Crippen LogP contribution is -2.10. The van der Waals surface area contributed by atoms with Gasteiger partial charge in [0.1, 0.15) is 5.76 Å². The van der Waals surface area contributed by atoms with Crippen LogP contribution in [0.4, 0.5) is 5.82 Å². The second-order valence-electron chi connectivity index (χ2n) is 2.58. The molecule has 4 heteroatoms. The quantitative estimate of drug-likeness (QED) is 0.710.